The highest BCUT2D eigenvalue weighted by Gasteiger charge is 2.18. The van der Waals surface area contributed by atoms with Gasteiger partial charge in [-0.1, -0.05) is 17.9 Å². The molecule has 6 nitrogen and oxygen atoms in total. The molecule has 1 N–H and O–H groups in total. The Bertz CT molecular complexity index is 840. The van der Waals surface area contributed by atoms with Gasteiger partial charge in [0.25, 0.3) is 0 Å². The zero-order valence-electron chi connectivity index (χ0n) is 13.4. The number of nitrogens with zero attached hydrogens (tertiary/aromatic N) is 1. The van der Waals surface area contributed by atoms with Crippen LogP contribution in [0.3, 0.4) is 0 Å². The number of aromatic nitrogens is 1. The highest BCUT2D eigenvalue weighted by atomic mass is 32.2. The Morgan fingerprint density at radius 2 is 2.08 bits per heavy atom. The van der Waals surface area contributed by atoms with Crippen LogP contribution >= 0.6 is 0 Å². The van der Waals surface area contributed by atoms with Gasteiger partial charge in [-0.15, -0.1) is 0 Å². The Hall–Kier alpha value is -2.56. The molecule has 126 valence electrons. The molecule has 0 saturated heterocycles. The molecule has 1 aromatic heterocycles. The summed E-state index contributed by atoms with van der Waals surface area (Å²) in [5.41, 5.74) is 0.826. The fraction of sp³-hybridized carbons (Fsp3) is 0.235. The third-order valence-electron chi connectivity index (χ3n) is 3.03. The maximum Gasteiger partial charge on any atom is 0.245 e. The summed E-state index contributed by atoms with van der Waals surface area (Å²) in [7, 11) is -2.26. The number of hydrogen-bond acceptors (Lipinski definition) is 5. The van der Waals surface area contributed by atoms with Gasteiger partial charge in [0.05, 0.1) is 19.9 Å². The molecule has 1 aromatic carbocycles. The average molecular weight is 346 g/mol. The van der Waals surface area contributed by atoms with Crippen LogP contribution in [-0.4, -0.2) is 33.7 Å². The number of methoxy groups -OCH3 is 1. The highest BCUT2D eigenvalue weighted by Crippen LogP contribution is 2.24. The summed E-state index contributed by atoms with van der Waals surface area (Å²) in [4.78, 5) is 4.01. The lowest BCUT2D eigenvalue weighted by atomic mass is 10.2. The van der Waals surface area contributed by atoms with E-state index < -0.39 is 10.0 Å². The summed E-state index contributed by atoms with van der Waals surface area (Å²) < 4.78 is 37.5. The molecule has 0 aliphatic rings. The van der Waals surface area contributed by atoms with E-state index in [1.165, 1.54) is 7.11 Å². The second-order valence-electron chi connectivity index (χ2n) is 4.81. The van der Waals surface area contributed by atoms with Crippen molar-refractivity contribution in [3.8, 4) is 23.3 Å². The summed E-state index contributed by atoms with van der Waals surface area (Å²) in [5.74, 6) is 6.35. The minimum atomic E-state index is -3.69. The Morgan fingerprint density at radius 1 is 1.25 bits per heavy atom. The number of ether oxygens (including phenoxy) is 2. The predicted octanol–water partition coefficient (Wildman–Crippen LogP) is 1.76. The van der Waals surface area contributed by atoms with E-state index in [0.717, 1.165) is 5.56 Å². The van der Waals surface area contributed by atoms with E-state index in [2.05, 4.69) is 21.5 Å². The fourth-order valence-electron chi connectivity index (χ4n) is 1.87. The number of hydrogen-bond donors (Lipinski definition) is 1. The molecule has 24 heavy (non-hydrogen) atoms. The van der Waals surface area contributed by atoms with Crippen molar-refractivity contribution in [1.29, 1.82) is 0 Å². The molecule has 2 aromatic rings. The molecule has 0 amide bonds. The first-order valence-corrected chi connectivity index (χ1v) is 8.64. The van der Waals surface area contributed by atoms with Crippen LogP contribution in [0.1, 0.15) is 5.56 Å². The smallest absolute Gasteiger partial charge is 0.245 e. The van der Waals surface area contributed by atoms with Gasteiger partial charge in [0, 0.05) is 6.20 Å². The first-order valence-electron chi connectivity index (χ1n) is 7.16. The molecule has 0 atom stereocenters. The fourth-order valence-corrected chi connectivity index (χ4v) is 3.04. The normalized spacial score (nSPS) is 10.6. The molecule has 2 rings (SSSR count). The summed E-state index contributed by atoms with van der Waals surface area (Å²) >= 11 is 0. The van der Waals surface area contributed by atoms with Gasteiger partial charge in [-0.3, -0.25) is 4.98 Å². The number of benzene rings is 1. The maximum absolute atomic E-state index is 12.3. The standard InChI is InChI=1S/C17H18N2O4S/c1-14-7-8-16(22-2)17(12-14)24(20,21)19-10-3-4-11-23-15-6-5-9-18-13-15/h5-9,12-13,19H,10-11H2,1-2H3. The van der Waals surface area contributed by atoms with Gasteiger partial charge in [-0.2, -0.15) is 4.72 Å². The first kappa shape index (κ1) is 17.8. The van der Waals surface area contributed by atoms with E-state index in [1.807, 2.05) is 6.92 Å². The number of pyridine rings is 1. The van der Waals surface area contributed by atoms with Crippen molar-refractivity contribution in [3.63, 3.8) is 0 Å². The highest BCUT2D eigenvalue weighted by molar-refractivity contribution is 7.89. The van der Waals surface area contributed by atoms with Crippen LogP contribution in [0.4, 0.5) is 0 Å². The van der Waals surface area contributed by atoms with Gasteiger partial charge >= 0.3 is 0 Å². The lowest BCUT2D eigenvalue weighted by Crippen LogP contribution is -2.24. The summed E-state index contributed by atoms with van der Waals surface area (Å²) in [6, 6.07) is 8.48. The monoisotopic (exact) mass is 346 g/mol. The maximum atomic E-state index is 12.3. The quantitative estimate of drug-likeness (QED) is 0.807. The number of rotatable bonds is 6. The Kier molecular flexibility index (Phi) is 6.18. The molecule has 0 fully saturated rings. The zero-order chi connectivity index (χ0) is 17.4. The Morgan fingerprint density at radius 3 is 2.79 bits per heavy atom. The third kappa shape index (κ3) is 4.98. The predicted molar refractivity (Wildman–Crippen MR) is 90.4 cm³/mol. The molecule has 0 radical (unpaired) electrons. The van der Waals surface area contributed by atoms with E-state index in [1.54, 1.807) is 42.7 Å². The summed E-state index contributed by atoms with van der Waals surface area (Å²) in [6.45, 7) is 1.95. The molecule has 0 saturated carbocycles. The zero-order valence-corrected chi connectivity index (χ0v) is 14.3. The molecular formula is C17H18N2O4S. The molecule has 7 heteroatoms. The van der Waals surface area contributed by atoms with Crippen molar-refractivity contribution in [2.24, 2.45) is 0 Å². The van der Waals surface area contributed by atoms with E-state index >= 15 is 0 Å². The molecular weight excluding hydrogens is 328 g/mol. The van der Waals surface area contributed by atoms with Crippen molar-refractivity contribution < 1.29 is 17.9 Å². The van der Waals surface area contributed by atoms with Crippen LogP contribution in [-0.2, 0) is 10.0 Å². The van der Waals surface area contributed by atoms with E-state index in [9.17, 15) is 8.42 Å². The van der Waals surface area contributed by atoms with Gasteiger partial charge < -0.3 is 9.47 Å². The molecule has 0 aliphatic heterocycles. The lowest BCUT2D eigenvalue weighted by Gasteiger charge is -2.10. The summed E-state index contributed by atoms with van der Waals surface area (Å²) in [6.07, 6.45) is 3.22. The third-order valence-corrected chi connectivity index (χ3v) is 4.45. The summed E-state index contributed by atoms with van der Waals surface area (Å²) in [5, 5.41) is 0. The molecule has 0 aliphatic carbocycles. The van der Waals surface area contributed by atoms with Crippen molar-refractivity contribution in [3.05, 3.63) is 48.3 Å². The number of sulfonamides is 1. The second kappa shape index (κ2) is 8.34. The average Bonchev–Trinajstić information content (AvgIpc) is 2.59. The van der Waals surface area contributed by atoms with Crippen LogP contribution in [0.15, 0.2) is 47.6 Å². The largest absolute Gasteiger partial charge is 0.495 e. The van der Waals surface area contributed by atoms with Gasteiger partial charge in [0.15, 0.2) is 0 Å². The van der Waals surface area contributed by atoms with Crippen LogP contribution in [0.2, 0.25) is 0 Å². The molecule has 0 bridgehead atoms. The molecule has 0 spiro atoms. The Labute approximate surface area is 141 Å². The minimum absolute atomic E-state index is 0.0180. The van der Waals surface area contributed by atoms with Crippen molar-refractivity contribution >= 4 is 10.0 Å². The lowest BCUT2D eigenvalue weighted by molar-refractivity contribution is 0.368. The van der Waals surface area contributed by atoms with Gasteiger partial charge in [-0.25, -0.2) is 8.42 Å². The van der Waals surface area contributed by atoms with E-state index in [0.29, 0.717) is 11.5 Å². The van der Waals surface area contributed by atoms with E-state index in [4.69, 9.17) is 9.47 Å². The van der Waals surface area contributed by atoms with Crippen LogP contribution in [0.5, 0.6) is 11.5 Å². The van der Waals surface area contributed by atoms with Crippen LogP contribution in [0.25, 0.3) is 0 Å². The molecule has 0 unspecified atom stereocenters. The van der Waals surface area contributed by atoms with Crippen LogP contribution in [0, 0.1) is 18.8 Å². The number of aryl methyl sites for hydroxylation is 1. The van der Waals surface area contributed by atoms with Gasteiger partial charge in [0.1, 0.15) is 23.0 Å². The van der Waals surface area contributed by atoms with Crippen molar-refractivity contribution in [2.75, 3.05) is 20.3 Å². The first-order chi connectivity index (χ1) is 11.5. The van der Waals surface area contributed by atoms with E-state index in [-0.39, 0.29) is 18.0 Å². The van der Waals surface area contributed by atoms with Crippen molar-refractivity contribution in [1.82, 2.24) is 9.71 Å². The molecule has 1 heterocycles. The SMILES string of the molecule is COc1ccc(C)cc1S(=O)(=O)NCC#CCOc1cccnc1. The number of nitrogens with one attached hydrogen (secondary N) is 1. The second-order valence-corrected chi connectivity index (χ2v) is 6.55. The Balaban J connectivity index is 1.92. The van der Waals surface area contributed by atoms with Crippen molar-refractivity contribution in [2.45, 2.75) is 11.8 Å². The minimum Gasteiger partial charge on any atom is -0.495 e. The van der Waals surface area contributed by atoms with Crippen LogP contribution < -0.4 is 14.2 Å². The van der Waals surface area contributed by atoms with Gasteiger partial charge in [-0.05, 0) is 36.8 Å². The topological polar surface area (TPSA) is 77.5 Å². The van der Waals surface area contributed by atoms with Gasteiger partial charge in [0.2, 0.25) is 10.0 Å².